The van der Waals surface area contributed by atoms with E-state index in [2.05, 4.69) is 26.2 Å². The average Bonchev–Trinajstić information content (AvgIpc) is 3.24. The molecule has 0 spiro atoms. The molecule has 0 aliphatic carbocycles. The van der Waals surface area contributed by atoms with Crippen LogP contribution in [0.25, 0.3) is 0 Å². The van der Waals surface area contributed by atoms with Gasteiger partial charge in [0, 0.05) is 25.8 Å². The molecule has 2 amide bonds. The zero-order chi connectivity index (χ0) is 25.9. The molecule has 12 nitrogen and oxygen atoms in total. The van der Waals surface area contributed by atoms with E-state index >= 15 is 0 Å². The number of hydrogen-bond donors (Lipinski definition) is 3. The van der Waals surface area contributed by atoms with Crippen LogP contribution in [-0.4, -0.2) is 71.1 Å². The second-order valence-electron chi connectivity index (χ2n) is 8.95. The molecule has 1 aromatic carbocycles. The number of carbonyl (C=O) groups is 2. The first-order chi connectivity index (χ1) is 16.5. The van der Waals surface area contributed by atoms with Crippen LogP contribution in [0.5, 0.6) is 0 Å². The number of nitrogens with zero attached hydrogens (tertiary/aromatic N) is 4. The number of ether oxygens (including phenoxy) is 1. The van der Waals surface area contributed by atoms with Crippen molar-refractivity contribution >= 4 is 21.7 Å². The molecule has 0 fully saturated rings. The number of aromatic nitrogens is 4. The number of tetrazole rings is 1. The van der Waals surface area contributed by atoms with Crippen molar-refractivity contribution in [3.05, 3.63) is 41.7 Å². The van der Waals surface area contributed by atoms with Crippen molar-refractivity contribution in [2.75, 3.05) is 25.2 Å². The molecule has 13 heteroatoms. The summed E-state index contributed by atoms with van der Waals surface area (Å²) in [6, 6.07) is 8.97. The summed E-state index contributed by atoms with van der Waals surface area (Å²) < 4.78 is 29.6. The van der Waals surface area contributed by atoms with E-state index in [-0.39, 0.29) is 30.6 Å². The van der Waals surface area contributed by atoms with Crippen molar-refractivity contribution < 1.29 is 22.7 Å². The summed E-state index contributed by atoms with van der Waals surface area (Å²) >= 11 is 0. The molecule has 0 radical (unpaired) electrons. The standard InChI is InChI=1S/C22H35N7O5S/c1-22(2,23)21(31)25-18(16-34-15-17-9-5-4-6-10-17)20-26-27-28-29(20)13-7-11-19(30)24-12-8-14-35(3,32)33/h4-6,9-10,18H,7-8,11-16,23H2,1-3H3,(H,24,30)(H,25,31)/t18-/m1/s1. The van der Waals surface area contributed by atoms with E-state index < -0.39 is 21.4 Å². The van der Waals surface area contributed by atoms with Crippen LogP contribution in [0.1, 0.15) is 50.5 Å². The summed E-state index contributed by atoms with van der Waals surface area (Å²) in [6.07, 6.45) is 2.19. The molecule has 1 aromatic heterocycles. The first-order valence-electron chi connectivity index (χ1n) is 11.4. The molecule has 2 rings (SSSR count). The third kappa shape index (κ3) is 10.9. The molecular formula is C22H35N7O5S. The van der Waals surface area contributed by atoms with Crippen molar-refractivity contribution in [3.8, 4) is 0 Å². The lowest BCUT2D eigenvalue weighted by molar-refractivity contribution is -0.126. The number of nitrogens with one attached hydrogen (secondary N) is 2. The molecule has 0 saturated carbocycles. The van der Waals surface area contributed by atoms with E-state index in [4.69, 9.17) is 10.5 Å². The van der Waals surface area contributed by atoms with Crippen molar-refractivity contribution in [2.24, 2.45) is 5.73 Å². The first kappa shape index (κ1) is 28.3. The second kappa shape index (κ2) is 13.3. The monoisotopic (exact) mass is 509 g/mol. The number of rotatable bonds is 15. The quantitative estimate of drug-likeness (QED) is 0.282. The minimum absolute atomic E-state index is 0.0281. The largest absolute Gasteiger partial charge is 0.374 e. The first-order valence-corrected chi connectivity index (χ1v) is 13.4. The Morgan fingerprint density at radius 3 is 2.57 bits per heavy atom. The zero-order valence-electron chi connectivity index (χ0n) is 20.4. The number of sulfone groups is 1. The van der Waals surface area contributed by atoms with E-state index in [0.29, 0.717) is 38.4 Å². The van der Waals surface area contributed by atoms with Crippen LogP contribution in [0.4, 0.5) is 0 Å². The Morgan fingerprint density at radius 2 is 1.91 bits per heavy atom. The highest BCUT2D eigenvalue weighted by molar-refractivity contribution is 7.90. The van der Waals surface area contributed by atoms with Gasteiger partial charge in [-0.3, -0.25) is 9.59 Å². The smallest absolute Gasteiger partial charge is 0.240 e. The van der Waals surface area contributed by atoms with Gasteiger partial charge in [-0.15, -0.1) is 5.10 Å². The molecule has 0 aliphatic heterocycles. The highest BCUT2D eigenvalue weighted by atomic mass is 32.2. The van der Waals surface area contributed by atoms with Gasteiger partial charge in [0.15, 0.2) is 5.82 Å². The number of benzene rings is 1. The van der Waals surface area contributed by atoms with Gasteiger partial charge in [0.2, 0.25) is 11.8 Å². The van der Waals surface area contributed by atoms with Gasteiger partial charge in [-0.2, -0.15) is 0 Å². The molecular weight excluding hydrogens is 474 g/mol. The highest BCUT2D eigenvalue weighted by Crippen LogP contribution is 2.14. The third-order valence-electron chi connectivity index (χ3n) is 4.95. The van der Waals surface area contributed by atoms with Gasteiger partial charge in [-0.25, -0.2) is 13.1 Å². The normalized spacial score (nSPS) is 12.8. The Kier molecular flexibility index (Phi) is 10.7. The van der Waals surface area contributed by atoms with Gasteiger partial charge < -0.3 is 21.1 Å². The third-order valence-corrected chi connectivity index (χ3v) is 5.98. The molecule has 1 atom stereocenters. The Bertz CT molecular complexity index is 1050. The van der Waals surface area contributed by atoms with Crippen LogP contribution in [-0.2, 0) is 37.3 Å². The zero-order valence-corrected chi connectivity index (χ0v) is 21.3. The second-order valence-corrected chi connectivity index (χ2v) is 11.2. The van der Waals surface area contributed by atoms with Crippen molar-refractivity contribution in [1.82, 2.24) is 30.8 Å². The van der Waals surface area contributed by atoms with Crippen molar-refractivity contribution in [2.45, 2.75) is 57.8 Å². The number of nitrogens with two attached hydrogens (primary N) is 1. The van der Waals surface area contributed by atoms with Crippen LogP contribution >= 0.6 is 0 Å². The minimum Gasteiger partial charge on any atom is -0.374 e. The Morgan fingerprint density at radius 1 is 1.20 bits per heavy atom. The Balaban J connectivity index is 1.93. The maximum absolute atomic E-state index is 12.5. The fourth-order valence-corrected chi connectivity index (χ4v) is 3.72. The maximum atomic E-state index is 12.5. The highest BCUT2D eigenvalue weighted by Gasteiger charge is 2.28. The van der Waals surface area contributed by atoms with E-state index in [1.807, 2.05) is 30.3 Å². The predicted molar refractivity (Wildman–Crippen MR) is 130 cm³/mol. The Labute approximate surface area is 205 Å². The molecule has 2 aromatic rings. The molecule has 0 saturated heterocycles. The van der Waals surface area contributed by atoms with Crippen LogP contribution in [0.15, 0.2) is 30.3 Å². The topological polar surface area (TPSA) is 171 Å². The van der Waals surface area contributed by atoms with Gasteiger partial charge in [0.1, 0.15) is 15.9 Å². The van der Waals surface area contributed by atoms with E-state index in [1.54, 1.807) is 13.8 Å². The summed E-state index contributed by atoms with van der Waals surface area (Å²) in [6.45, 7) is 4.31. The van der Waals surface area contributed by atoms with Crippen molar-refractivity contribution in [1.29, 1.82) is 0 Å². The summed E-state index contributed by atoms with van der Waals surface area (Å²) in [5.41, 5.74) is 5.82. The number of carbonyl (C=O) groups excluding carboxylic acids is 2. The fraction of sp³-hybridized carbons (Fsp3) is 0.591. The lowest BCUT2D eigenvalue weighted by Crippen LogP contribution is -2.51. The maximum Gasteiger partial charge on any atom is 0.240 e. The van der Waals surface area contributed by atoms with Gasteiger partial charge in [-0.1, -0.05) is 30.3 Å². The van der Waals surface area contributed by atoms with Crippen LogP contribution < -0.4 is 16.4 Å². The van der Waals surface area contributed by atoms with Crippen LogP contribution in [0, 0.1) is 0 Å². The summed E-state index contributed by atoms with van der Waals surface area (Å²) in [5, 5.41) is 17.3. The molecule has 194 valence electrons. The van der Waals surface area contributed by atoms with Crippen molar-refractivity contribution in [3.63, 3.8) is 0 Å². The molecule has 1 heterocycles. The molecule has 0 unspecified atom stereocenters. The van der Waals surface area contributed by atoms with Gasteiger partial charge in [0.25, 0.3) is 0 Å². The molecule has 4 N–H and O–H groups in total. The number of aryl methyl sites for hydroxylation is 1. The molecule has 35 heavy (non-hydrogen) atoms. The molecule has 0 aliphatic rings. The van der Waals surface area contributed by atoms with E-state index in [0.717, 1.165) is 11.8 Å². The van der Waals surface area contributed by atoms with E-state index in [1.165, 1.54) is 4.68 Å². The summed E-state index contributed by atoms with van der Waals surface area (Å²) in [7, 11) is -3.05. The average molecular weight is 510 g/mol. The van der Waals surface area contributed by atoms with E-state index in [9.17, 15) is 18.0 Å². The number of hydrogen-bond acceptors (Lipinski definition) is 9. The van der Waals surface area contributed by atoms with Gasteiger partial charge in [0.05, 0.1) is 24.5 Å². The minimum atomic E-state index is -3.05. The summed E-state index contributed by atoms with van der Waals surface area (Å²) in [4.78, 5) is 24.6. The fourth-order valence-electron chi connectivity index (χ4n) is 3.05. The van der Waals surface area contributed by atoms with Crippen LogP contribution in [0.3, 0.4) is 0 Å². The van der Waals surface area contributed by atoms with Crippen LogP contribution in [0.2, 0.25) is 0 Å². The summed E-state index contributed by atoms with van der Waals surface area (Å²) in [5.74, 6) is -0.146. The number of amides is 2. The SMILES string of the molecule is CC(C)(N)C(=O)N[C@H](COCc1ccccc1)c1nnnn1CCCC(=O)NCCCS(C)(=O)=O. The Hall–Kier alpha value is -2.90. The van der Waals surface area contributed by atoms with Gasteiger partial charge in [-0.05, 0) is 42.7 Å². The molecule has 0 bridgehead atoms. The predicted octanol–water partition coefficient (Wildman–Crippen LogP) is 0.116. The lowest BCUT2D eigenvalue weighted by atomic mass is 10.1. The lowest BCUT2D eigenvalue weighted by Gasteiger charge is -2.23. The van der Waals surface area contributed by atoms with Gasteiger partial charge >= 0.3 is 0 Å².